The number of nitrogens with one attached hydrogen (secondary N) is 1. The van der Waals surface area contributed by atoms with Gasteiger partial charge < -0.3 is 9.26 Å². The lowest BCUT2D eigenvalue weighted by atomic mass is 10.4. The minimum Gasteiger partial charge on any atom is -0.479 e. The van der Waals surface area contributed by atoms with E-state index in [2.05, 4.69) is 20.0 Å². The van der Waals surface area contributed by atoms with Crippen molar-refractivity contribution in [3.8, 4) is 11.7 Å². The van der Waals surface area contributed by atoms with E-state index in [1.807, 2.05) is 0 Å². The summed E-state index contributed by atoms with van der Waals surface area (Å²) < 4.78 is 38.4. The number of nitrogens with zero attached hydrogens (tertiary/aromatic N) is 4. The van der Waals surface area contributed by atoms with E-state index in [1.165, 1.54) is 17.9 Å². The SMILES string of the molecule is COc1cc(CS(=O)(=O)Nc2cc(C)nn2-c2ccccn2)on1. The fourth-order valence-corrected chi connectivity index (χ4v) is 3.11. The molecule has 9 nitrogen and oxygen atoms in total. The molecule has 0 aromatic carbocycles. The van der Waals surface area contributed by atoms with Crippen LogP contribution in [0.1, 0.15) is 11.5 Å². The van der Waals surface area contributed by atoms with Crippen molar-refractivity contribution >= 4 is 15.8 Å². The maximum Gasteiger partial charge on any atom is 0.254 e. The number of sulfonamides is 1. The van der Waals surface area contributed by atoms with E-state index in [0.29, 0.717) is 11.5 Å². The Labute approximate surface area is 138 Å². The van der Waals surface area contributed by atoms with Gasteiger partial charge in [-0.15, -0.1) is 0 Å². The Morgan fingerprint density at radius 3 is 2.83 bits per heavy atom. The van der Waals surface area contributed by atoms with Gasteiger partial charge in [-0.25, -0.2) is 13.4 Å². The number of hydrogen-bond donors (Lipinski definition) is 1. The molecule has 0 unspecified atom stereocenters. The summed E-state index contributed by atoms with van der Waals surface area (Å²) in [4.78, 5) is 4.17. The quantitative estimate of drug-likeness (QED) is 0.718. The Morgan fingerprint density at radius 2 is 2.17 bits per heavy atom. The Hall–Kier alpha value is -2.88. The van der Waals surface area contributed by atoms with Gasteiger partial charge in [-0.05, 0) is 24.2 Å². The van der Waals surface area contributed by atoms with Crippen molar-refractivity contribution in [3.05, 3.63) is 48.0 Å². The van der Waals surface area contributed by atoms with Gasteiger partial charge in [0.2, 0.25) is 10.0 Å². The fourth-order valence-electron chi connectivity index (χ4n) is 2.07. The van der Waals surface area contributed by atoms with Crippen LogP contribution < -0.4 is 9.46 Å². The van der Waals surface area contributed by atoms with Crippen LogP contribution in [0.15, 0.2) is 41.1 Å². The lowest BCUT2D eigenvalue weighted by Gasteiger charge is -2.08. The van der Waals surface area contributed by atoms with E-state index < -0.39 is 10.0 Å². The van der Waals surface area contributed by atoms with Crippen LogP contribution in [0.5, 0.6) is 5.88 Å². The minimum atomic E-state index is -3.73. The summed E-state index contributed by atoms with van der Waals surface area (Å²) >= 11 is 0. The van der Waals surface area contributed by atoms with Crippen LogP contribution in [0.4, 0.5) is 5.82 Å². The van der Waals surface area contributed by atoms with Gasteiger partial charge in [0.25, 0.3) is 5.88 Å². The van der Waals surface area contributed by atoms with Crippen molar-refractivity contribution in [1.29, 1.82) is 0 Å². The molecule has 0 atom stereocenters. The van der Waals surface area contributed by atoms with Crippen LogP contribution in [0.3, 0.4) is 0 Å². The van der Waals surface area contributed by atoms with Crippen molar-refractivity contribution in [3.63, 3.8) is 0 Å². The molecule has 24 heavy (non-hydrogen) atoms. The van der Waals surface area contributed by atoms with Crippen molar-refractivity contribution in [1.82, 2.24) is 19.9 Å². The van der Waals surface area contributed by atoms with Crippen LogP contribution in [0, 0.1) is 6.92 Å². The van der Waals surface area contributed by atoms with Gasteiger partial charge in [0.15, 0.2) is 11.6 Å². The van der Waals surface area contributed by atoms with E-state index in [-0.39, 0.29) is 23.2 Å². The lowest BCUT2D eigenvalue weighted by Crippen LogP contribution is -2.17. The molecular weight excluding hydrogens is 334 g/mol. The number of rotatable bonds is 6. The van der Waals surface area contributed by atoms with Crippen molar-refractivity contribution in [2.24, 2.45) is 0 Å². The first-order valence-corrected chi connectivity index (χ1v) is 8.60. The molecule has 10 heteroatoms. The van der Waals surface area contributed by atoms with Gasteiger partial charge in [0.1, 0.15) is 11.6 Å². The zero-order chi connectivity index (χ0) is 17.2. The van der Waals surface area contributed by atoms with Gasteiger partial charge in [0, 0.05) is 18.3 Å². The molecule has 3 rings (SSSR count). The molecule has 3 heterocycles. The third-order valence-corrected chi connectivity index (χ3v) is 4.22. The predicted molar refractivity (Wildman–Crippen MR) is 85.4 cm³/mol. The van der Waals surface area contributed by atoms with Gasteiger partial charge in [-0.3, -0.25) is 4.72 Å². The summed E-state index contributed by atoms with van der Waals surface area (Å²) in [5.41, 5.74) is 0.652. The number of methoxy groups -OCH3 is 1. The second-order valence-electron chi connectivity index (χ2n) is 4.97. The standard InChI is InChI=1S/C14H15N5O4S/c1-10-7-13(19(16-10)12-5-3-4-6-15-12)18-24(20,21)9-11-8-14(22-2)17-23-11/h3-8,18H,9H2,1-2H3. The Balaban J connectivity index is 1.85. The van der Waals surface area contributed by atoms with E-state index in [4.69, 9.17) is 9.26 Å². The van der Waals surface area contributed by atoms with Crippen LogP contribution in [0.2, 0.25) is 0 Å². The molecule has 126 valence electrons. The Kier molecular flexibility index (Phi) is 4.21. The number of aryl methyl sites for hydroxylation is 1. The second kappa shape index (κ2) is 6.32. The van der Waals surface area contributed by atoms with Crippen molar-refractivity contribution in [2.75, 3.05) is 11.8 Å². The smallest absolute Gasteiger partial charge is 0.254 e. The van der Waals surface area contributed by atoms with Gasteiger partial charge >= 0.3 is 0 Å². The number of hydrogen-bond acceptors (Lipinski definition) is 7. The minimum absolute atomic E-state index is 0.167. The highest BCUT2D eigenvalue weighted by Crippen LogP contribution is 2.19. The summed E-state index contributed by atoms with van der Waals surface area (Å²) in [5.74, 6) is 0.798. The highest BCUT2D eigenvalue weighted by molar-refractivity contribution is 7.91. The van der Waals surface area contributed by atoms with Crippen molar-refractivity contribution < 1.29 is 17.7 Å². The maximum absolute atomic E-state index is 12.4. The topological polar surface area (TPSA) is 112 Å². The largest absolute Gasteiger partial charge is 0.479 e. The maximum atomic E-state index is 12.4. The summed E-state index contributed by atoms with van der Waals surface area (Å²) in [7, 11) is -2.31. The molecule has 0 bridgehead atoms. The van der Waals surface area contributed by atoms with E-state index >= 15 is 0 Å². The highest BCUT2D eigenvalue weighted by atomic mass is 32.2. The molecule has 0 saturated heterocycles. The molecular formula is C14H15N5O4S. The number of pyridine rings is 1. The number of aromatic nitrogens is 4. The van der Waals surface area contributed by atoms with Gasteiger partial charge in [0.05, 0.1) is 12.8 Å². The molecule has 0 radical (unpaired) electrons. The molecule has 3 aromatic rings. The third kappa shape index (κ3) is 3.54. The molecule has 0 amide bonds. The van der Waals surface area contributed by atoms with Gasteiger partial charge in [-0.1, -0.05) is 6.07 Å². The average molecular weight is 349 g/mol. The monoisotopic (exact) mass is 349 g/mol. The average Bonchev–Trinajstić information content (AvgIpc) is 3.13. The number of anilines is 1. The molecule has 0 aliphatic carbocycles. The fraction of sp³-hybridized carbons (Fsp3) is 0.214. The lowest BCUT2D eigenvalue weighted by molar-refractivity contribution is 0.330. The van der Waals surface area contributed by atoms with E-state index in [1.54, 1.807) is 37.4 Å². The molecule has 1 N–H and O–H groups in total. The number of ether oxygens (including phenoxy) is 1. The van der Waals surface area contributed by atoms with Gasteiger partial charge in [-0.2, -0.15) is 9.78 Å². The predicted octanol–water partition coefficient (Wildman–Crippen LogP) is 1.51. The molecule has 0 aliphatic heterocycles. The summed E-state index contributed by atoms with van der Waals surface area (Å²) in [5, 5.41) is 7.84. The second-order valence-corrected chi connectivity index (χ2v) is 6.69. The molecule has 0 saturated carbocycles. The third-order valence-electron chi connectivity index (χ3n) is 3.04. The highest BCUT2D eigenvalue weighted by Gasteiger charge is 2.19. The first kappa shape index (κ1) is 16.0. The summed E-state index contributed by atoms with van der Waals surface area (Å²) in [6.45, 7) is 1.76. The molecule has 0 fully saturated rings. The van der Waals surface area contributed by atoms with Crippen LogP contribution >= 0.6 is 0 Å². The first-order valence-electron chi connectivity index (χ1n) is 6.95. The van der Waals surface area contributed by atoms with E-state index in [9.17, 15) is 8.42 Å². The summed E-state index contributed by atoms with van der Waals surface area (Å²) in [6, 6.07) is 8.32. The first-order chi connectivity index (χ1) is 11.5. The summed E-state index contributed by atoms with van der Waals surface area (Å²) in [6.07, 6.45) is 1.60. The Morgan fingerprint density at radius 1 is 1.33 bits per heavy atom. The van der Waals surface area contributed by atoms with Crippen LogP contribution in [-0.4, -0.2) is 35.4 Å². The van der Waals surface area contributed by atoms with Crippen LogP contribution in [0.25, 0.3) is 5.82 Å². The molecule has 0 aliphatic rings. The van der Waals surface area contributed by atoms with Crippen molar-refractivity contribution in [2.45, 2.75) is 12.7 Å². The normalized spacial score (nSPS) is 11.4. The zero-order valence-electron chi connectivity index (χ0n) is 13.0. The molecule has 0 spiro atoms. The van der Waals surface area contributed by atoms with Crippen LogP contribution in [-0.2, 0) is 15.8 Å². The zero-order valence-corrected chi connectivity index (χ0v) is 13.8. The molecule has 3 aromatic heterocycles. The van der Waals surface area contributed by atoms with E-state index in [0.717, 1.165) is 0 Å². The Bertz CT molecular complexity index is 933.